The van der Waals surface area contributed by atoms with E-state index in [0.717, 1.165) is 13.1 Å². The van der Waals surface area contributed by atoms with Crippen LogP contribution in [0.15, 0.2) is 59.8 Å². The van der Waals surface area contributed by atoms with E-state index in [1.807, 2.05) is 7.05 Å². The Morgan fingerprint density at radius 2 is 1.73 bits per heavy atom. The van der Waals surface area contributed by atoms with Crippen LogP contribution in [0.1, 0.15) is 10.4 Å². The number of hydrogen-bond acceptors (Lipinski definition) is 7. The fourth-order valence-corrected chi connectivity index (χ4v) is 5.94. The fourth-order valence-electron chi connectivity index (χ4n) is 4.12. The molecule has 1 fully saturated rings. The van der Waals surface area contributed by atoms with Gasteiger partial charge in [-0.3, -0.25) is 9.52 Å². The van der Waals surface area contributed by atoms with Gasteiger partial charge in [0.05, 0.1) is 16.2 Å². The molecule has 10 nitrogen and oxygen atoms in total. The Morgan fingerprint density at radius 1 is 1.03 bits per heavy atom. The van der Waals surface area contributed by atoms with Crippen LogP contribution in [0.3, 0.4) is 0 Å². The number of amides is 1. The number of anilines is 2. The normalized spacial score (nSPS) is 14.7. The van der Waals surface area contributed by atoms with Gasteiger partial charge in [0.2, 0.25) is 0 Å². The van der Waals surface area contributed by atoms with Crippen molar-refractivity contribution in [2.75, 3.05) is 43.7 Å². The van der Waals surface area contributed by atoms with Crippen LogP contribution in [-0.2, 0) is 10.0 Å². The van der Waals surface area contributed by atoms with E-state index in [1.165, 1.54) is 28.9 Å². The Balaban J connectivity index is 1.39. The number of hydrogen-bond donors (Lipinski definition) is 2. The predicted octanol–water partition coefficient (Wildman–Crippen LogP) is 3.47. The second-order valence-electron chi connectivity index (χ2n) is 8.68. The molecule has 1 aliphatic heterocycles. The summed E-state index contributed by atoms with van der Waals surface area (Å²) in [5.74, 6) is 0.181. The largest absolute Gasteiger partial charge is 0.383 e. The van der Waals surface area contributed by atoms with Gasteiger partial charge in [-0.2, -0.15) is 9.61 Å². The lowest BCUT2D eigenvalue weighted by Gasteiger charge is -2.32. The summed E-state index contributed by atoms with van der Waals surface area (Å²) in [7, 11) is -1.93. The standard InChI is InChI=1S/C24H23Cl2N7O3S/c1-31-9-11-32(12-10-31)24(34)18-14-29-33-22(27)17(13-28-23(18)33)15-5-7-16(8-6-15)30-37(35,36)20-4-2-3-19(25)21(20)26/h2-8,13-14,30H,9-12,27H2,1H3. The van der Waals surface area contributed by atoms with Gasteiger partial charge < -0.3 is 15.5 Å². The van der Waals surface area contributed by atoms with Crippen molar-refractivity contribution in [1.29, 1.82) is 0 Å². The van der Waals surface area contributed by atoms with Crippen LogP contribution >= 0.6 is 23.2 Å². The lowest BCUT2D eigenvalue weighted by molar-refractivity contribution is 0.0666. The van der Waals surface area contributed by atoms with E-state index in [2.05, 4.69) is 19.7 Å². The first-order valence-electron chi connectivity index (χ1n) is 11.3. The maximum Gasteiger partial charge on any atom is 0.263 e. The smallest absolute Gasteiger partial charge is 0.263 e. The van der Waals surface area contributed by atoms with Crippen LogP contribution < -0.4 is 10.5 Å². The van der Waals surface area contributed by atoms with E-state index < -0.39 is 10.0 Å². The summed E-state index contributed by atoms with van der Waals surface area (Å²) in [5, 5.41) is 4.40. The summed E-state index contributed by atoms with van der Waals surface area (Å²) in [6.45, 7) is 2.89. The molecule has 0 radical (unpaired) electrons. The summed E-state index contributed by atoms with van der Waals surface area (Å²) >= 11 is 12.0. The number of sulfonamides is 1. The highest BCUT2D eigenvalue weighted by Gasteiger charge is 2.25. The SMILES string of the molecule is CN1CCN(C(=O)c2cnn3c(N)c(-c4ccc(NS(=O)(=O)c5cccc(Cl)c5Cl)cc4)cnc23)CC1. The monoisotopic (exact) mass is 559 g/mol. The molecule has 1 aliphatic rings. The molecule has 4 aromatic rings. The molecule has 192 valence electrons. The molecule has 37 heavy (non-hydrogen) atoms. The van der Waals surface area contributed by atoms with E-state index in [1.54, 1.807) is 35.4 Å². The lowest BCUT2D eigenvalue weighted by atomic mass is 10.1. The molecule has 0 saturated carbocycles. The molecule has 3 heterocycles. The number of nitrogens with two attached hydrogens (primary N) is 1. The summed E-state index contributed by atoms with van der Waals surface area (Å²) in [6.07, 6.45) is 3.07. The van der Waals surface area contributed by atoms with E-state index in [0.29, 0.717) is 46.9 Å². The molecule has 0 bridgehead atoms. The maximum absolute atomic E-state index is 13.0. The Hall–Kier alpha value is -3.38. The van der Waals surface area contributed by atoms with Gasteiger partial charge in [0.25, 0.3) is 15.9 Å². The molecule has 1 saturated heterocycles. The Kier molecular flexibility index (Phi) is 6.71. The lowest BCUT2D eigenvalue weighted by Crippen LogP contribution is -2.47. The van der Waals surface area contributed by atoms with E-state index in [9.17, 15) is 13.2 Å². The van der Waals surface area contributed by atoms with Crippen LogP contribution in [0.2, 0.25) is 10.0 Å². The summed E-state index contributed by atoms with van der Waals surface area (Å²) in [5.41, 5.74) is 8.78. The van der Waals surface area contributed by atoms with Crippen molar-refractivity contribution in [1.82, 2.24) is 24.4 Å². The van der Waals surface area contributed by atoms with Crippen molar-refractivity contribution < 1.29 is 13.2 Å². The zero-order chi connectivity index (χ0) is 26.3. The number of halogens is 2. The number of likely N-dealkylation sites (N-methyl/N-ethyl adjacent to an activating group) is 1. The van der Waals surface area contributed by atoms with E-state index in [4.69, 9.17) is 28.9 Å². The van der Waals surface area contributed by atoms with Gasteiger partial charge >= 0.3 is 0 Å². The van der Waals surface area contributed by atoms with Crippen molar-refractivity contribution in [3.05, 3.63) is 70.5 Å². The number of piperazine rings is 1. The average molecular weight is 560 g/mol. The molecule has 0 aliphatic carbocycles. The molecule has 2 aromatic heterocycles. The molecule has 0 unspecified atom stereocenters. The Morgan fingerprint density at radius 3 is 2.43 bits per heavy atom. The van der Waals surface area contributed by atoms with E-state index >= 15 is 0 Å². The third kappa shape index (κ3) is 4.82. The van der Waals surface area contributed by atoms with Gasteiger partial charge in [-0.15, -0.1) is 0 Å². The van der Waals surface area contributed by atoms with Crippen molar-refractivity contribution >= 4 is 56.3 Å². The first kappa shape index (κ1) is 25.3. The first-order valence-corrected chi connectivity index (χ1v) is 13.6. The third-order valence-corrected chi connectivity index (χ3v) is 8.59. The van der Waals surface area contributed by atoms with Crippen LogP contribution in [0.5, 0.6) is 0 Å². The predicted molar refractivity (Wildman–Crippen MR) is 144 cm³/mol. The van der Waals surface area contributed by atoms with Gasteiger partial charge in [0.1, 0.15) is 16.3 Å². The van der Waals surface area contributed by atoms with Crippen LogP contribution in [0, 0.1) is 0 Å². The molecule has 3 N–H and O–H groups in total. The van der Waals surface area contributed by atoms with Gasteiger partial charge in [0, 0.05) is 43.6 Å². The number of nitrogens with zero attached hydrogens (tertiary/aromatic N) is 5. The topological polar surface area (TPSA) is 126 Å². The van der Waals surface area contributed by atoms with Gasteiger partial charge in [0.15, 0.2) is 5.65 Å². The minimum absolute atomic E-state index is 0.0508. The van der Waals surface area contributed by atoms with E-state index in [-0.39, 0.29) is 20.8 Å². The van der Waals surface area contributed by atoms with Gasteiger partial charge in [-0.05, 0) is 36.9 Å². The number of nitrogen functional groups attached to an aromatic ring is 1. The minimum Gasteiger partial charge on any atom is -0.383 e. The Labute approximate surface area is 223 Å². The minimum atomic E-state index is -3.95. The summed E-state index contributed by atoms with van der Waals surface area (Å²) in [6, 6.07) is 11.0. The number of aromatic nitrogens is 3. The quantitative estimate of drug-likeness (QED) is 0.383. The number of carbonyl (C=O) groups excluding carboxylic acids is 1. The zero-order valence-electron chi connectivity index (χ0n) is 19.7. The molecule has 1 amide bonds. The van der Waals surface area contributed by atoms with Crippen molar-refractivity contribution in [3.63, 3.8) is 0 Å². The maximum atomic E-state index is 13.0. The highest BCUT2D eigenvalue weighted by molar-refractivity contribution is 7.92. The molecule has 13 heteroatoms. The fraction of sp³-hybridized carbons (Fsp3) is 0.208. The van der Waals surface area contributed by atoms with Gasteiger partial charge in [-0.25, -0.2) is 13.4 Å². The second kappa shape index (κ2) is 9.82. The molecule has 0 spiro atoms. The van der Waals surface area contributed by atoms with Crippen molar-refractivity contribution in [2.45, 2.75) is 4.90 Å². The molecular formula is C24H23Cl2N7O3S. The number of carbonyl (C=O) groups is 1. The van der Waals surface area contributed by atoms with Crippen LogP contribution in [0.4, 0.5) is 11.5 Å². The summed E-state index contributed by atoms with van der Waals surface area (Å²) < 4.78 is 29.5. The average Bonchev–Trinajstić information content (AvgIpc) is 3.31. The highest BCUT2D eigenvalue weighted by Crippen LogP contribution is 2.31. The van der Waals surface area contributed by atoms with Crippen LogP contribution in [0.25, 0.3) is 16.8 Å². The number of rotatable bonds is 5. The zero-order valence-corrected chi connectivity index (χ0v) is 22.1. The third-order valence-electron chi connectivity index (χ3n) is 6.24. The van der Waals surface area contributed by atoms with Gasteiger partial charge in [-0.1, -0.05) is 41.4 Å². The molecule has 2 aromatic carbocycles. The number of nitrogens with one attached hydrogen (secondary N) is 1. The molecule has 0 atom stereocenters. The van der Waals surface area contributed by atoms with Crippen LogP contribution in [-0.4, -0.2) is 71.9 Å². The number of benzene rings is 2. The Bertz CT molecular complexity index is 1600. The van der Waals surface area contributed by atoms with Crippen molar-refractivity contribution in [3.8, 4) is 11.1 Å². The molecular weight excluding hydrogens is 537 g/mol. The first-order chi connectivity index (χ1) is 17.7. The van der Waals surface area contributed by atoms with Crippen molar-refractivity contribution in [2.24, 2.45) is 0 Å². The molecule has 5 rings (SSSR count). The number of fused-ring (bicyclic) bond motifs is 1. The highest BCUT2D eigenvalue weighted by atomic mass is 35.5. The summed E-state index contributed by atoms with van der Waals surface area (Å²) in [4.78, 5) is 21.4. The second-order valence-corrected chi connectivity index (χ2v) is 11.1.